The number of aliphatic hydroxyl groups excluding tert-OH is 4. The van der Waals surface area contributed by atoms with E-state index in [1.54, 1.807) is 0 Å². The molecule has 0 fully saturated rings. The van der Waals surface area contributed by atoms with Crippen LogP contribution in [-0.2, 0) is 29.6 Å². The number of nitrogens with two attached hydrogens (primary N) is 1. The zero-order valence-electron chi connectivity index (χ0n) is 42.3. The Morgan fingerprint density at radius 3 is 1.15 bits per heavy atom. The van der Waals surface area contributed by atoms with Gasteiger partial charge < -0.3 is 46.0 Å². The van der Waals surface area contributed by atoms with Crippen molar-refractivity contribution in [3.8, 4) is 22.5 Å². The van der Waals surface area contributed by atoms with Crippen molar-refractivity contribution < 1.29 is 65.8 Å². The van der Waals surface area contributed by atoms with Crippen molar-refractivity contribution in [2.75, 3.05) is 35.2 Å². The van der Waals surface area contributed by atoms with Crippen molar-refractivity contribution in [1.82, 2.24) is 19.9 Å². The number of aliphatic carboxylic acids is 2. The first-order valence-electron chi connectivity index (χ1n) is 22.1. The van der Waals surface area contributed by atoms with E-state index < -0.39 is 80.9 Å². The third kappa shape index (κ3) is 22.7. The van der Waals surface area contributed by atoms with E-state index in [9.17, 15) is 65.8 Å². The largest absolute Gasteiger partial charge is 2.00 e. The maximum atomic E-state index is 13.5. The monoisotopic (exact) mass is 1070 g/mol. The van der Waals surface area contributed by atoms with Gasteiger partial charge in [-0.1, -0.05) is 52.0 Å². The third-order valence-electron chi connectivity index (χ3n) is 9.62. The standard InChI is InChI=1S/2C22H28FN3O6S.C4H11N.Ca/c2*1-13(2)20-18(10-9-16(27)11-17(28)12-19(29)30)21(14-5-7-15(23)8-6-14)25-22(24-20)26(3)33(4,31)32;1-4(2,3)5;/h2*5-10,13,16-17,27-28H,11-12H2,1-4H3,(H,29,30);5H2,1-3H3;/q;;;+2/p-2/t2*16-,17-;;/m11../s1. The van der Waals surface area contributed by atoms with E-state index in [1.807, 2.05) is 48.5 Å². The van der Waals surface area contributed by atoms with Crippen LogP contribution in [0, 0.1) is 11.6 Å². The zero-order valence-corrected chi connectivity index (χ0v) is 46.2. The molecule has 0 bridgehead atoms. The summed E-state index contributed by atoms with van der Waals surface area (Å²) in [5, 5.41) is 61.1. The van der Waals surface area contributed by atoms with Crippen LogP contribution in [0.25, 0.3) is 34.7 Å². The molecule has 0 aliphatic rings. The fourth-order valence-electron chi connectivity index (χ4n) is 6.07. The van der Waals surface area contributed by atoms with E-state index in [4.69, 9.17) is 5.73 Å². The molecule has 0 saturated carbocycles. The topological polar surface area (TPSA) is 314 Å². The summed E-state index contributed by atoms with van der Waals surface area (Å²) in [4.78, 5) is 38.9. The second-order valence-electron chi connectivity index (χ2n) is 18.3. The number of halogens is 2. The number of aliphatic hydroxyl groups is 4. The molecule has 0 radical (unpaired) electrons. The van der Waals surface area contributed by atoms with Gasteiger partial charge in [-0.25, -0.2) is 54.2 Å². The summed E-state index contributed by atoms with van der Waals surface area (Å²) in [6, 6.07) is 10.9. The normalized spacial score (nSPS) is 13.6. The van der Waals surface area contributed by atoms with Crippen LogP contribution in [0.15, 0.2) is 60.7 Å². The number of carbonyl (C=O) groups excluding carboxylic acids is 2. The van der Waals surface area contributed by atoms with Gasteiger partial charge in [0, 0.05) is 79.5 Å². The fraction of sp³-hybridized carbons (Fsp3) is 0.458. The molecule has 2 aromatic heterocycles. The van der Waals surface area contributed by atoms with Crippen LogP contribution in [0.4, 0.5) is 20.7 Å². The van der Waals surface area contributed by atoms with Gasteiger partial charge in [-0.3, -0.25) is 0 Å². The summed E-state index contributed by atoms with van der Waals surface area (Å²) in [6.45, 7) is 13.3. The number of carboxylic acids is 2. The summed E-state index contributed by atoms with van der Waals surface area (Å²) >= 11 is 0. The summed E-state index contributed by atoms with van der Waals surface area (Å²) in [5.41, 5.74) is 8.88. The van der Waals surface area contributed by atoms with Gasteiger partial charge in [0.1, 0.15) is 11.6 Å². The van der Waals surface area contributed by atoms with Gasteiger partial charge in [0.2, 0.25) is 31.9 Å². The van der Waals surface area contributed by atoms with E-state index >= 15 is 0 Å². The van der Waals surface area contributed by atoms with Crippen LogP contribution >= 0.6 is 0 Å². The fourth-order valence-corrected chi connectivity index (χ4v) is 6.83. The summed E-state index contributed by atoms with van der Waals surface area (Å²) in [6.07, 6.45) is 1.16. The molecule has 2 heterocycles. The average molecular weight is 1070 g/mol. The molecule has 2 aromatic carbocycles. The van der Waals surface area contributed by atoms with Gasteiger partial charge in [-0.05, 0) is 81.1 Å². The number of anilines is 2. The summed E-state index contributed by atoms with van der Waals surface area (Å²) in [7, 11) is -4.67. The van der Waals surface area contributed by atoms with Crippen LogP contribution in [-0.4, -0.2) is 163 Å². The third-order valence-corrected chi connectivity index (χ3v) is 11.9. The molecule has 0 amide bonds. The minimum absolute atomic E-state index is 0. The first kappa shape index (κ1) is 65.5. The Kier molecular flexibility index (Phi) is 26.2. The van der Waals surface area contributed by atoms with Crippen LogP contribution in [0.5, 0.6) is 0 Å². The average Bonchev–Trinajstić information content (AvgIpc) is 3.22. The molecule has 0 spiro atoms. The van der Waals surface area contributed by atoms with Crippen molar-refractivity contribution >= 4 is 93.8 Å². The maximum absolute atomic E-state index is 13.5. The van der Waals surface area contributed by atoms with Crippen molar-refractivity contribution in [1.29, 1.82) is 0 Å². The van der Waals surface area contributed by atoms with E-state index in [2.05, 4.69) is 19.9 Å². The molecular weight excluding hydrogens is 1010 g/mol. The Morgan fingerprint density at radius 2 is 0.917 bits per heavy atom. The Balaban J connectivity index is 0.000000649. The van der Waals surface area contributed by atoms with Gasteiger partial charge >= 0.3 is 37.7 Å². The number of carboxylic acid groups (broad SMARTS) is 2. The van der Waals surface area contributed by atoms with Gasteiger partial charge in [0.25, 0.3) is 0 Å². The van der Waals surface area contributed by atoms with Crippen LogP contribution in [0.2, 0.25) is 0 Å². The Bertz CT molecular complexity index is 2520. The Hall–Kier alpha value is -4.56. The molecule has 4 atom stereocenters. The molecule has 72 heavy (non-hydrogen) atoms. The second kappa shape index (κ2) is 28.8. The molecule has 0 saturated heterocycles. The molecule has 4 rings (SSSR count). The van der Waals surface area contributed by atoms with Crippen LogP contribution in [0.1, 0.15) is 109 Å². The van der Waals surface area contributed by atoms with E-state index in [1.165, 1.54) is 86.9 Å². The first-order chi connectivity index (χ1) is 32.6. The van der Waals surface area contributed by atoms with Crippen molar-refractivity contribution in [3.63, 3.8) is 0 Å². The van der Waals surface area contributed by atoms with Gasteiger partial charge in [-0.2, -0.15) is 0 Å². The number of hydrogen-bond donors (Lipinski definition) is 5. The number of rotatable bonds is 20. The number of benzene rings is 2. The number of carbonyl (C=O) groups is 2. The number of sulfonamides is 2. The van der Waals surface area contributed by atoms with Crippen LogP contribution in [0.3, 0.4) is 0 Å². The predicted octanol–water partition coefficient (Wildman–Crippen LogP) is 2.50. The molecular formula is C48H65CaF2N7O12S2. The minimum Gasteiger partial charge on any atom is -0.550 e. The SMILES string of the molecule is CC(C)(C)N.CC(C)c1nc(N(C)S(C)(=O)=O)nc(-c2ccc(F)cc2)c1C=C[C@@H](O)C[C@@H](O)CC(=O)[O-].CC(C)c1nc(N(C)S(C)(=O)=O)nc(-c2ccc(F)cc2)c1C=C[C@@H](O)C[C@@H](O)CC(=O)[O-].[Ca+2]. The second-order valence-corrected chi connectivity index (χ2v) is 22.3. The van der Waals surface area contributed by atoms with Crippen molar-refractivity contribution in [2.45, 2.75) is 116 Å². The van der Waals surface area contributed by atoms with Gasteiger partial charge in [-0.15, -0.1) is 0 Å². The number of nitrogens with zero attached hydrogens (tertiary/aromatic N) is 6. The molecule has 392 valence electrons. The molecule has 0 aliphatic carbocycles. The van der Waals surface area contributed by atoms with Gasteiger partial charge in [0.15, 0.2) is 0 Å². The minimum atomic E-state index is -3.66. The Morgan fingerprint density at radius 1 is 0.639 bits per heavy atom. The zero-order chi connectivity index (χ0) is 54.3. The number of aromatic nitrogens is 4. The predicted molar refractivity (Wildman–Crippen MR) is 270 cm³/mol. The van der Waals surface area contributed by atoms with E-state index in [0.717, 1.165) is 21.1 Å². The molecule has 4 aromatic rings. The maximum Gasteiger partial charge on any atom is 2.00 e. The smallest absolute Gasteiger partial charge is 0.550 e. The molecule has 0 unspecified atom stereocenters. The first-order valence-corrected chi connectivity index (χ1v) is 25.8. The van der Waals surface area contributed by atoms with Gasteiger partial charge in [0.05, 0.1) is 59.7 Å². The molecule has 6 N–H and O–H groups in total. The van der Waals surface area contributed by atoms with E-state index in [0.29, 0.717) is 45.0 Å². The van der Waals surface area contributed by atoms with Crippen molar-refractivity contribution in [2.24, 2.45) is 5.73 Å². The molecule has 0 aliphatic heterocycles. The molecule has 24 heteroatoms. The Labute approximate surface area is 450 Å². The summed E-state index contributed by atoms with van der Waals surface area (Å²) < 4.78 is 77.1. The summed E-state index contributed by atoms with van der Waals surface area (Å²) in [5.74, 6) is -4.28. The quantitative estimate of drug-likeness (QED) is 0.0794. The van der Waals surface area contributed by atoms with Crippen LogP contribution < -0.4 is 24.6 Å². The van der Waals surface area contributed by atoms with E-state index in [-0.39, 0.29) is 79.9 Å². The number of hydrogen-bond acceptors (Lipinski definition) is 17. The molecule has 19 nitrogen and oxygen atoms in total. The van der Waals surface area contributed by atoms with Crippen molar-refractivity contribution in [3.05, 3.63) is 94.8 Å².